The zero-order valence-electron chi connectivity index (χ0n) is 20.7. The number of fused-ring (bicyclic) bond motifs is 9. The molecule has 0 radical (unpaired) electrons. The van der Waals surface area contributed by atoms with E-state index in [0.717, 1.165) is 39.3 Å². The second kappa shape index (κ2) is 21.8. The summed E-state index contributed by atoms with van der Waals surface area (Å²) in [7, 11) is 0. The average Bonchev–Trinajstić information content (AvgIpc) is 2.84. The molecule has 1 N–H and O–H groups in total. The van der Waals surface area contributed by atoms with Gasteiger partial charge >= 0.3 is 0 Å². The number of aliphatic hydroxyl groups excluding tert-OH is 1. The smallest absolute Gasteiger partial charge is 0.104 e. The molecular weight excluding hydrogens is 448 g/mol. The van der Waals surface area contributed by atoms with Crippen molar-refractivity contribution in [1.82, 2.24) is 9.80 Å². The van der Waals surface area contributed by atoms with Crippen LogP contribution in [0.4, 0.5) is 0 Å². The molecular formula is C23H46N2O9. The molecule has 0 aliphatic carbocycles. The summed E-state index contributed by atoms with van der Waals surface area (Å²) in [5.74, 6) is 0. The van der Waals surface area contributed by atoms with E-state index in [2.05, 4.69) is 9.80 Å². The third-order valence-electron chi connectivity index (χ3n) is 5.52. The lowest BCUT2D eigenvalue weighted by atomic mass is 10.4. The molecule has 34 heavy (non-hydrogen) atoms. The number of hydrogen-bond donors (Lipinski definition) is 1. The van der Waals surface area contributed by atoms with E-state index in [1.165, 1.54) is 0 Å². The summed E-state index contributed by atoms with van der Waals surface area (Å²) >= 11 is 0. The Bertz CT molecular complexity index is 425. The van der Waals surface area contributed by atoms with E-state index >= 15 is 0 Å². The maximum Gasteiger partial charge on any atom is 0.104 e. The summed E-state index contributed by atoms with van der Waals surface area (Å²) in [5, 5.41) is 9.67. The number of hydrogen-bond acceptors (Lipinski definition) is 11. The molecule has 2 rings (SSSR count). The molecule has 2 aliphatic rings. The molecule has 0 aromatic heterocycles. The highest BCUT2D eigenvalue weighted by molar-refractivity contribution is 4.62. The molecule has 0 amide bonds. The Morgan fingerprint density at radius 3 is 1.15 bits per heavy atom. The van der Waals surface area contributed by atoms with E-state index in [4.69, 9.17) is 37.9 Å². The quantitative estimate of drug-likeness (QED) is 0.460. The molecule has 11 nitrogen and oxygen atoms in total. The highest BCUT2D eigenvalue weighted by Gasteiger charge is 2.12. The highest BCUT2D eigenvalue weighted by Crippen LogP contribution is 1.99. The molecule has 0 aromatic rings. The van der Waals surface area contributed by atoms with Gasteiger partial charge in [-0.2, -0.15) is 0 Å². The Morgan fingerprint density at radius 2 is 0.765 bits per heavy atom. The van der Waals surface area contributed by atoms with Crippen LogP contribution < -0.4 is 0 Å². The van der Waals surface area contributed by atoms with Gasteiger partial charge in [0.05, 0.1) is 106 Å². The summed E-state index contributed by atoms with van der Waals surface area (Å²) < 4.78 is 45.8. The number of ether oxygens (including phenoxy) is 8. The lowest BCUT2D eigenvalue weighted by Crippen LogP contribution is -2.36. The topological polar surface area (TPSA) is 101 Å². The Balaban J connectivity index is 1.93. The minimum atomic E-state index is -0.341. The average molecular weight is 495 g/mol. The van der Waals surface area contributed by atoms with Crippen LogP contribution >= 0.6 is 0 Å². The highest BCUT2D eigenvalue weighted by atomic mass is 16.6. The van der Waals surface area contributed by atoms with Gasteiger partial charge in [-0.05, 0) is 0 Å². The first-order valence-corrected chi connectivity index (χ1v) is 12.6. The summed E-state index contributed by atoms with van der Waals surface area (Å²) in [6, 6.07) is 0. The van der Waals surface area contributed by atoms with Crippen molar-refractivity contribution in [3.05, 3.63) is 0 Å². The molecule has 0 spiro atoms. The molecule has 2 heterocycles. The standard InChI is InChI=1S/C23H46N2O9/c26-21-23-22-33-11-5-24-1-7-27-13-17-31-19-15-29-9-3-25(6-12-34-23)4-10-30-16-20-32-18-14-28-8-2-24/h23,26H,1-22H2. The van der Waals surface area contributed by atoms with E-state index in [1.54, 1.807) is 0 Å². The minimum Gasteiger partial charge on any atom is -0.394 e. The summed E-state index contributed by atoms with van der Waals surface area (Å²) in [6.07, 6.45) is -0.341. The Hall–Kier alpha value is -0.440. The molecule has 2 aliphatic heterocycles. The van der Waals surface area contributed by atoms with Gasteiger partial charge in [0.15, 0.2) is 0 Å². The van der Waals surface area contributed by atoms with Crippen molar-refractivity contribution < 1.29 is 43.0 Å². The number of nitrogens with zero attached hydrogens (tertiary/aromatic N) is 2. The molecule has 2 bridgehead atoms. The van der Waals surface area contributed by atoms with Crippen LogP contribution in [0.3, 0.4) is 0 Å². The van der Waals surface area contributed by atoms with Gasteiger partial charge in [0.2, 0.25) is 0 Å². The zero-order valence-corrected chi connectivity index (χ0v) is 20.7. The Morgan fingerprint density at radius 1 is 0.441 bits per heavy atom. The van der Waals surface area contributed by atoms with Crippen LogP contribution in [0, 0.1) is 0 Å². The van der Waals surface area contributed by atoms with Crippen LogP contribution in [-0.4, -0.2) is 166 Å². The van der Waals surface area contributed by atoms with Gasteiger partial charge in [-0.1, -0.05) is 0 Å². The predicted octanol–water partition coefficient (Wildman–Crippen LogP) is -0.889. The van der Waals surface area contributed by atoms with Gasteiger partial charge in [0.25, 0.3) is 0 Å². The lowest BCUT2D eigenvalue weighted by Gasteiger charge is -2.24. The van der Waals surface area contributed by atoms with Crippen molar-refractivity contribution >= 4 is 0 Å². The van der Waals surface area contributed by atoms with Crippen molar-refractivity contribution in [3.63, 3.8) is 0 Å². The van der Waals surface area contributed by atoms with Gasteiger partial charge < -0.3 is 43.0 Å². The maximum atomic E-state index is 9.67. The third-order valence-corrected chi connectivity index (χ3v) is 5.52. The van der Waals surface area contributed by atoms with Gasteiger partial charge in [0.1, 0.15) is 6.10 Å². The molecule has 0 saturated carbocycles. The van der Waals surface area contributed by atoms with Crippen LogP contribution in [0.1, 0.15) is 0 Å². The lowest BCUT2D eigenvalue weighted by molar-refractivity contribution is -0.0525. The molecule has 1 unspecified atom stereocenters. The van der Waals surface area contributed by atoms with Crippen LogP contribution in [0.25, 0.3) is 0 Å². The molecule has 1 atom stereocenters. The molecule has 2 fully saturated rings. The van der Waals surface area contributed by atoms with Crippen molar-refractivity contribution in [3.8, 4) is 0 Å². The van der Waals surface area contributed by atoms with Gasteiger partial charge in [-0.15, -0.1) is 0 Å². The molecule has 0 aromatic carbocycles. The van der Waals surface area contributed by atoms with Crippen molar-refractivity contribution in [2.45, 2.75) is 6.10 Å². The van der Waals surface area contributed by atoms with Crippen LogP contribution in [-0.2, 0) is 37.9 Å². The van der Waals surface area contributed by atoms with Crippen molar-refractivity contribution in [2.75, 3.05) is 145 Å². The Kier molecular flexibility index (Phi) is 19.1. The molecule has 202 valence electrons. The fourth-order valence-electron chi connectivity index (χ4n) is 3.44. The first kappa shape index (κ1) is 29.8. The van der Waals surface area contributed by atoms with Gasteiger partial charge in [-0.25, -0.2) is 0 Å². The van der Waals surface area contributed by atoms with Crippen molar-refractivity contribution in [2.24, 2.45) is 0 Å². The number of rotatable bonds is 1. The van der Waals surface area contributed by atoms with Crippen LogP contribution in [0.15, 0.2) is 0 Å². The predicted molar refractivity (Wildman–Crippen MR) is 125 cm³/mol. The first-order valence-electron chi connectivity index (χ1n) is 12.6. The second-order valence-electron chi connectivity index (χ2n) is 8.11. The summed E-state index contributed by atoms with van der Waals surface area (Å²) in [6.45, 7) is 12.7. The second-order valence-corrected chi connectivity index (χ2v) is 8.11. The van der Waals surface area contributed by atoms with E-state index in [0.29, 0.717) is 99.1 Å². The normalized spacial score (nSPS) is 30.4. The monoisotopic (exact) mass is 494 g/mol. The SMILES string of the molecule is OCC1COCCN2CCOCCOCCOCCN(CCOCCOCCOCC2)CCO1. The summed E-state index contributed by atoms with van der Waals surface area (Å²) in [5.41, 5.74) is 0. The maximum absolute atomic E-state index is 9.67. The van der Waals surface area contributed by atoms with Gasteiger partial charge in [0, 0.05) is 39.3 Å². The summed E-state index contributed by atoms with van der Waals surface area (Å²) in [4.78, 5) is 4.49. The van der Waals surface area contributed by atoms with Gasteiger partial charge in [-0.3, -0.25) is 9.80 Å². The van der Waals surface area contributed by atoms with E-state index in [1.807, 2.05) is 0 Å². The fraction of sp³-hybridized carbons (Fsp3) is 1.00. The van der Waals surface area contributed by atoms with E-state index in [9.17, 15) is 5.11 Å². The fourth-order valence-corrected chi connectivity index (χ4v) is 3.44. The third kappa shape index (κ3) is 16.3. The largest absolute Gasteiger partial charge is 0.394 e. The number of aliphatic hydroxyl groups is 1. The first-order chi connectivity index (χ1) is 16.9. The van der Waals surface area contributed by atoms with Crippen LogP contribution in [0.5, 0.6) is 0 Å². The van der Waals surface area contributed by atoms with E-state index in [-0.39, 0.29) is 12.7 Å². The minimum absolute atomic E-state index is 0.0718. The zero-order chi connectivity index (χ0) is 23.9. The molecule has 11 heteroatoms. The van der Waals surface area contributed by atoms with Crippen LogP contribution in [0.2, 0.25) is 0 Å². The van der Waals surface area contributed by atoms with E-state index < -0.39 is 0 Å². The molecule has 2 saturated heterocycles. The Labute approximate surface area is 204 Å². The van der Waals surface area contributed by atoms with Crippen molar-refractivity contribution in [1.29, 1.82) is 0 Å².